The topological polar surface area (TPSA) is 85.2 Å². The van der Waals surface area contributed by atoms with Crippen molar-refractivity contribution in [3.8, 4) is 11.4 Å². The van der Waals surface area contributed by atoms with Crippen LogP contribution in [0.15, 0.2) is 28.8 Å². The number of nitrogens with zero attached hydrogens (tertiary/aromatic N) is 2. The van der Waals surface area contributed by atoms with Gasteiger partial charge in [-0.15, -0.1) is 0 Å². The third-order valence-corrected chi connectivity index (χ3v) is 2.34. The normalized spacial score (nSPS) is 12.7. The fourth-order valence-electron chi connectivity index (χ4n) is 1.40. The van der Waals surface area contributed by atoms with Gasteiger partial charge in [-0.05, 0) is 12.5 Å². The summed E-state index contributed by atoms with van der Waals surface area (Å²) in [5.41, 5.74) is 7.25. The predicted octanol–water partition coefficient (Wildman–Crippen LogP) is 1.04. The van der Waals surface area contributed by atoms with Crippen molar-refractivity contribution in [3.63, 3.8) is 0 Å². The first-order valence-electron chi connectivity index (χ1n) is 5.00. The average Bonchev–Trinajstić information content (AvgIpc) is 2.78. The zero-order valence-corrected chi connectivity index (χ0v) is 8.92. The molecule has 0 spiro atoms. The number of rotatable bonds is 3. The summed E-state index contributed by atoms with van der Waals surface area (Å²) in [4.78, 5) is 4.10. The van der Waals surface area contributed by atoms with E-state index >= 15 is 0 Å². The van der Waals surface area contributed by atoms with Gasteiger partial charge in [-0.2, -0.15) is 4.98 Å². The molecule has 0 saturated carbocycles. The molecule has 1 atom stereocenters. The van der Waals surface area contributed by atoms with Crippen molar-refractivity contribution in [2.75, 3.05) is 6.54 Å². The number of aliphatic hydroxyl groups excluding tert-OH is 1. The largest absolute Gasteiger partial charge is 0.382 e. The highest BCUT2D eigenvalue weighted by Crippen LogP contribution is 2.21. The van der Waals surface area contributed by atoms with Crippen LogP contribution < -0.4 is 5.73 Å². The van der Waals surface area contributed by atoms with E-state index in [4.69, 9.17) is 10.3 Å². The third kappa shape index (κ3) is 1.95. The van der Waals surface area contributed by atoms with Gasteiger partial charge in [0.05, 0.1) is 0 Å². The van der Waals surface area contributed by atoms with Crippen molar-refractivity contribution in [2.24, 2.45) is 5.73 Å². The Labute approximate surface area is 92.9 Å². The summed E-state index contributed by atoms with van der Waals surface area (Å²) in [6.07, 6.45) is -0.898. The maximum Gasteiger partial charge on any atom is 0.257 e. The minimum absolute atomic E-state index is 0.0649. The molecular formula is C11H13N3O2. The van der Waals surface area contributed by atoms with E-state index in [9.17, 15) is 5.11 Å². The zero-order chi connectivity index (χ0) is 11.5. The lowest BCUT2D eigenvalue weighted by molar-refractivity contribution is 0.141. The van der Waals surface area contributed by atoms with Crippen molar-refractivity contribution in [1.29, 1.82) is 0 Å². The Morgan fingerprint density at radius 3 is 2.88 bits per heavy atom. The Hall–Kier alpha value is -1.72. The van der Waals surface area contributed by atoms with E-state index in [2.05, 4.69) is 10.1 Å². The quantitative estimate of drug-likeness (QED) is 0.805. The molecule has 1 heterocycles. The molecule has 2 aromatic rings. The van der Waals surface area contributed by atoms with Crippen LogP contribution in [0.25, 0.3) is 11.4 Å². The smallest absolute Gasteiger partial charge is 0.257 e. The monoisotopic (exact) mass is 219 g/mol. The molecule has 2 rings (SSSR count). The molecule has 0 bridgehead atoms. The number of aromatic nitrogens is 2. The highest BCUT2D eigenvalue weighted by atomic mass is 16.5. The molecule has 1 aromatic heterocycles. The molecule has 5 heteroatoms. The molecule has 1 aromatic carbocycles. The van der Waals surface area contributed by atoms with Crippen LogP contribution in [0.1, 0.15) is 17.6 Å². The van der Waals surface area contributed by atoms with Crippen LogP contribution in [0.2, 0.25) is 0 Å². The van der Waals surface area contributed by atoms with Crippen LogP contribution in [-0.2, 0) is 0 Å². The summed E-state index contributed by atoms with van der Waals surface area (Å²) in [6.45, 7) is 2.03. The van der Waals surface area contributed by atoms with Crippen LogP contribution in [-0.4, -0.2) is 21.8 Å². The lowest BCUT2D eigenvalue weighted by atomic mass is 10.1. The van der Waals surface area contributed by atoms with E-state index in [-0.39, 0.29) is 12.4 Å². The Morgan fingerprint density at radius 1 is 1.44 bits per heavy atom. The minimum Gasteiger partial charge on any atom is -0.382 e. The van der Waals surface area contributed by atoms with Crippen LogP contribution >= 0.6 is 0 Å². The van der Waals surface area contributed by atoms with Crippen molar-refractivity contribution >= 4 is 0 Å². The van der Waals surface area contributed by atoms with Crippen LogP contribution in [0.5, 0.6) is 0 Å². The highest BCUT2D eigenvalue weighted by molar-refractivity contribution is 5.58. The van der Waals surface area contributed by atoms with E-state index in [1.54, 1.807) is 0 Å². The summed E-state index contributed by atoms with van der Waals surface area (Å²) >= 11 is 0. The van der Waals surface area contributed by atoms with Gasteiger partial charge in [-0.3, -0.25) is 0 Å². The molecule has 84 valence electrons. The minimum atomic E-state index is -0.898. The molecule has 0 amide bonds. The van der Waals surface area contributed by atoms with E-state index < -0.39 is 6.10 Å². The number of hydrogen-bond donors (Lipinski definition) is 2. The molecular weight excluding hydrogens is 206 g/mol. The third-order valence-electron chi connectivity index (χ3n) is 2.34. The van der Waals surface area contributed by atoms with Gasteiger partial charge in [0.15, 0.2) is 0 Å². The van der Waals surface area contributed by atoms with Gasteiger partial charge < -0.3 is 15.4 Å². The summed E-state index contributed by atoms with van der Waals surface area (Å²) in [7, 11) is 0. The molecule has 5 nitrogen and oxygen atoms in total. The number of aliphatic hydroxyl groups is 1. The molecule has 0 aliphatic heterocycles. The van der Waals surface area contributed by atoms with Gasteiger partial charge >= 0.3 is 0 Å². The SMILES string of the molecule is Cc1ccccc1-c1noc(C(O)CN)n1. The van der Waals surface area contributed by atoms with E-state index in [1.165, 1.54) is 0 Å². The maximum absolute atomic E-state index is 9.44. The van der Waals surface area contributed by atoms with Gasteiger partial charge in [-0.1, -0.05) is 29.4 Å². The first kappa shape index (κ1) is 10.8. The molecule has 0 radical (unpaired) electrons. The molecule has 16 heavy (non-hydrogen) atoms. The second-order valence-corrected chi connectivity index (χ2v) is 3.52. The summed E-state index contributed by atoms with van der Waals surface area (Å²) < 4.78 is 4.94. The van der Waals surface area contributed by atoms with Crippen LogP contribution in [0.3, 0.4) is 0 Å². The van der Waals surface area contributed by atoms with Gasteiger partial charge in [0.25, 0.3) is 5.89 Å². The van der Waals surface area contributed by atoms with E-state index in [1.807, 2.05) is 31.2 Å². The van der Waals surface area contributed by atoms with Crippen LogP contribution in [0.4, 0.5) is 0 Å². The van der Waals surface area contributed by atoms with Crippen molar-refractivity contribution in [2.45, 2.75) is 13.0 Å². The first-order valence-corrected chi connectivity index (χ1v) is 5.00. The molecule has 0 aliphatic carbocycles. The summed E-state index contributed by atoms with van der Waals surface area (Å²) in [6, 6.07) is 7.70. The van der Waals surface area contributed by atoms with Gasteiger partial charge in [0.2, 0.25) is 5.82 Å². The number of aryl methyl sites for hydroxylation is 1. The van der Waals surface area contributed by atoms with E-state index in [0.717, 1.165) is 11.1 Å². The van der Waals surface area contributed by atoms with Crippen LogP contribution in [0, 0.1) is 6.92 Å². The number of nitrogens with two attached hydrogens (primary N) is 1. The Kier molecular flexibility index (Phi) is 2.98. The maximum atomic E-state index is 9.44. The summed E-state index contributed by atoms with van der Waals surface area (Å²) in [5, 5.41) is 13.3. The molecule has 0 aliphatic rings. The molecule has 0 fully saturated rings. The van der Waals surface area contributed by atoms with Gasteiger partial charge in [-0.25, -0.2) is 0 Å². The first-order chi connectivity index (χ1) is 7.72. The van der Waals surface area contributed by atoms with Crippen molar-refractivity contribution in [3.05, 3.63) is 35.7 Å². The van der Waals surface area contributed by atoms with Crippen molar-refractivity contribution in [1.82, 2.24) is 10.1 Å². The lowest BCUT2D eigenvalue weighted by Gasteiger charge is -1.99. The highest BCUT2D eigenvalue weighted by Gasteiger charge is 2.15. The second-order valence-electron chi connectivity index (χ2n) is 3.52. The second kappa shape index (κ2) is 4.42. The Balaban J connectivity index is 2.35. The number of hydrogen-bond acceptors (Lipinski definition) is 5. The Morgan fingerprint density at radius 2 is 2.19 bits per heavy atom. The predicted molar refractivity (Wildman–Crippen MR) is 58.5 cm³/mol. The molecule has 3 N–H and O–H groups in total. The van der Waals surface area contributed by atoms with Gasteiger partial charge in [0, 0.05) is 12.1 Å². The Bertz CT molecular complexity index is 482. The van der Waals surface area contributed by atoms with Gasteiger partial charge in [0.1, 0.15) is 6.10 Å². The zero-order valence-electron chi connectivity index (χ0n) is 8.92. The fraction of sp³-hybridized carbons (Fsp3) is 0.273. The standard InChI is InChI=1S/C11H13N3O2/c1-7-4-2-3-5-8(7)10-13-11(16-14-10)9(15)6-12/h2-5,9,15H,6,12H2,1H3. The number of benzene rings is 1. The lowest BCUT2D eigenvalue weighted by Crippen LogP contribution is -2.11. The molecule has 0 saturated heterocycles. The fourth-order valence-corrected chi connectivity index (χ4v) is 1.40. The van der Waals surface area contributed by atoms with Crippen molar-refractivity contribution < 1.29 is 9.63 Å². The van der Waals surface area contributed by atoms with E-state index in [0.29, 0.717) is 5.82 Å². The molecule has 1 unspecified atom stereocenters. The summed E-state index contributed by atoms with van der Waals surface area (Å²) in [5.74, 6) is 0.626. The average molecular weight is 219 g/mol.